The Hall–Kier alpha value is -1.62. The van der Waals surface area contributed by atoms with Crippen LogP contribution < -0.4 is 10.5 Å². The van der Waals surface area contributed by atoms with Crippen LogP contribution in [0.2, 0.25) is 0 Å². The van der Waals surface area contributed by atoms with Gasteiger partial charge in [-0.05, 0) is 38.2 Å². The van der Waals surface area contributed by atoms with E-state index in [9.17, 15) is 9.18 Å². The molecule has 0 bridgehead atoms. The van der Waals surface area contributed by atoms with Crippen LogP contribution in [0.25, 0.3) is 0 Å². The molecule has 0 saturated carbocycles. The summed E-state index contributed by atoms with van der Waals surface area (Å²) in [4.78, 5) is 12.7. The summed E-state index contributed by atoms with van der Waals surface area (Å²) in [6.07, 6.45) is 0. The van der Waals surface area contributed by atoms with Crippen molar-refractivity contribution in [1.29, 1.82) is 0 Å². The van der Waals surface area contributed by atoms with Gasteiger partial charge in [0.15, 0.2) is 0 Å². The highest BCUT2D eigenvalue weighted by atomic mass is 19.1. The van der Waals surface area contributed by atoms with Crippen LogP contribution in [0.1, 0.15) is 6.92 Å². The zero-order chi connectivity index (χ0) is 12.8. The van der Waals surface area contributed by atoms with Gasteiger partial charge in [-0.3, -0.25) is 9.69 Å². The largest absolute Gasteiger partial charge is 0.492 e. The Kier molecular flexibility index (Phi) is 4.90. The van der Waals surface area contributed by atoms with Crippen molar-refractivity contribution in [2.45, 2.75) is 13.0 Å². The molecule has 1 atom stereocenters. The fourth-order valence-electron chi connectivity index (χ4n) is 1.25. The van der Waals surface area contributed by atoms with Crippen LogP contribution in [0.4, 0.5) is 4.39 Å². The number of carbonyl (C=O) groups excluding carboxylic acids is 1. The number of carbonyl (C=O) groups is 1. The van der Waals surface area contributed by atoms with E-state index in [2.05, 4.69) is 0 Å². The van der Waals surface area contributed by atoms with E-state index >= 15 is 0 Å². The van der Waals surface area contributed by atoms with Crippen molar-refractivity contribution in [3.8, 4) is 5.75 Å². The Bertz CT molecular complexity index is 367. The minimum Gasteiger partial charge on any atom is -0.492 e. The number of primary amides is 1. The third-order valence-corrected chi connectivity index (χ3v) is 2.60. The maximum atomic E-state index is 12.6. The topological polar surface area (TPSA) is 55.6 Å². The van der Waals surface area contributed by atoms with Gasteiger partial charge in [-0.15, -0.1) is 0 Å². The predicted molar refractivity (Wildman–Crippen MR) is 63.2 cm³/mol. The summed E-state index contributed by atoms with van der Waals surface area (Å²) in [6.45, 7) is 2.72. The van der Waals surface area contributed by atoms with Crippen LogP contribution in [0.15, 0.2) is 24.3 Å². The molecule has 0 radical (unpaired) electrons. The van der Waals surface area contributed by atoms with Crippen molar-refractivity contribution >= 4 is 5.91 Å². The van der Waals surface area contributed by atoms with E-state index in [-0.39, 0.29) is 17.8 Å². The Morgan fingerprint density at radius 3 is 2.59 bits per heavy atom. The molecule has 94 valence electrons. The maximum absolute atomic E-state index is 12.6. The molecule has 1 unspecified atom stereocenters. The number of benzene rings is 1. The first-order chi connectivity index (χ1) is 8.00. The van der Waals surface area contributed by atoms with Gasteiger partial charge in [0.25, 0.3) is 0 Å². The minimum atomic E-state index is -0.366. The highest BCUT2D eigenvalue weighted by Crippen LogP contribution is 2.10. The monoisotopic (exact) mass is 240 g/mol. The molecule has 0 aromatic heterocycles. The molecule has 0 spiro atoms. The number of hydrogen-bond acceptors (Lipinski definition) is 3. The van der Waals surface area contributed by atoms with E-state index in [1.54, 1.807) is 31.0 Å². The molecule has 4 nitrogen and oxygen atoms in total. The number of amides is 1. The van der Waals surface area contributed by atoms with Crippen molar-refractivity contribution in [3.05, 3.63) is 30.1 Å². The van der Waals surface area contributed by atoms with E-state index in [1.807, 2.05) is 0 Å². The number of likely N-dealkylation sites (N-methyl/N-ethyl adjacent to an activating group) is 1. The van der Waals surface area contributed by atoms with Crippen molar-refractivity contribution in [2.24, 2.45) is 5.73 Å². The number of hydrogen-bond donors (Lipinski definition) is 1. The molecule has 0 saturated heterocycles. The number of nitrogens with two attached hydrogens (primary N) is 1. The SMILES string of the molecule is CC(C(N)=O)N(C)CCOc1ccc(F)cc1. The van der Waals surface area contributed by atoms with Gasteiger partial charge >= 0.3 is 0 Å². The van der Waals surface area contributed by atoms with Crippen LogP contribution in [-0.2, 0) is 4.79 Å². The molecule has 5 heteroatoms. The highest BCUT2D eigenvalue weighted by Gasteiger charge is 2.13. The standard InChI is InChI=1S/C12H17FN2O2/c1-9(12(14)16)15(2)7-8-17-11-5-3-10(13)4-6-11/h3-6,9H,7-8H2,1-2H3,(H2,14,16). The first-order valence-electron chi connectivity index (χ1n) is 5.38. The molecule has 1 amide bonds. The van der Waals surface area contributed by atoms with Crippen LogP contribution in [0, 0.1) is 5.82 Å². The minimum absolute atomic E-state index is 0.295. The molecule has 1 rings (SSSR count). The lowest BCUT2D eigenvalue weighted by Crippen LogP contribution is -2.41. The quantitative estimate of drug-likeness (QED) is 0.807. The summed E-state index contributed by atoms with van der Waals surface area (Å²) >= 11 is 0. The summed E-state index contributed by atoms with van der Waals surface area (Å²) in [5.41, 5.74) is 5.17. The van der Waals surface area contributed by atoms with Gasteiger partial charge in [0.05, 0.1) is 6.04 Å². The van der Waals surface area contributed by atoms with Gasteiger partial charge in [0.1, 0.15) is 18.2 Å². The molecule has 0 aliphatic rings. The highest BCUT2D eigenvalue weighted by molar-refractivity contribution is 5.79. The van der Waals surface area contributed by atoms with Crippen molar-refractivity contribution in [3.63, 3.8) is 0 Å². The summed E-state index contributed by atoms with van der Waals surface area (Å²) in [5, 5.41) is 0. The molecule has 0 fully saturated rings. The number of rotatable bonds is 6. The van der Waals surface area contributed by atoms with Gasteiger partial charge in [-0.25, -0.2) is 4.39 Å². The number of nitrogens with zero attached hydrogens (tertiary/aromatic N) is 1. The molecular weight excluding hydrogens is 223 g/mol. The van der Waals surface area contributed by atoms with Gasteiger partial charge in [-0.2, -0.15) is 0 Å². The number of ether oxygens (including phenoxy) is 1. The fourth-order valence-corrected chi connectivity index (χ4v) is 1.25. The average Bonchev–Trinajstić information content (AvgIpc) is 2.30. The Labute approximate surface area is 100 Å². The fraction of sp³-hybridized carbons (Fsp3) is 0.417. The Morgan fingerprint density at radius 2 is 2.06 bits per heavy atom. The zero-order valence-electron chi connectivity index (χ0n) is 10.0. The first kappa shape index (κ1) is 13.4. The van der Waals surface area contributed by atoms with Gasteiger partial charge < -0.3 is 10.5 Å². The molecule has 1 aromatic carbocycles. The number of halogens is 1. The third kappa shape index (κ3) is 4.40. The van der Waals surface area contributed by atoms with Crippen LogP contribution in [0.5, 0.6) is 5.75 Å². The van der Waals surface area contributed by atoms with E-state index < -0.39 is 0 Å². The average molecular weight is 240 g/mol. The first-order valence-corrected chi connectivity index (χ1v) is 5.38. The summed E-state index contributed by atoms with van der Waals surface area (Å²) in [5.74, 6) is -0.0578. The normalized spacial score (nSPS) is 12.5. The van der Waals surface area contributed by atoms with E-state index in [1.165, 1.54) is 12.1 Å². The Morgan fingerprint density at radius 1 is 1.47 bits per heavy atom. The van der Waals surface area contributed by atoms with Crippen molar-refractivity contribution in [1.82, 2.24) is 4.90 Å². The second kappa shape index (κ2) is 6.20. The summed E-state index contributed by atoms with van der Waals surface area (Å²) < 4.78 is 18.0. The lowest BCUT2D eigenvalue weighted by atomic mass is 10.3. The third-order valence-electron chi connectivity index (χ3n) is 2.60. The van der Waals surface area contributed by atoms with Gasteiger partial charge in [0, 0.05) is 6.54 Å². The lowest BCUT2D eigenvalue weighted by Gasteiger charge is -2.21. The Balaban J connectivity index is 2.32. The summed E-state index contributed by atoms with van der Waals surface area (Å²) in [6, 6.07) is 5.47. The van der Waals surface area contributed by atoms with Crippen LogP contribution in [0.3, 0.4) is 0 Å². The van der Waals surface area contributed by atoms with Crippen molar-refractivity contribution in [2.75, 3.05) is 20.2 Å². The zero-order valence-corrected chi connectivity index (χ0v) is 10.0. The smallest absolute Gasteiger partial charge is 0.234 e. The molecule has 2 N–H and O–H groups in total. The van der Waals surface area contributed by atoms with E-state index in [0.29, 0.717) is 18.9 Å². The second-order valence-electron chi connectivity index (χ2n) is 3.86. The molecule has 0 aliphatic heterocycles. The van der Waals surface area contributed by atoms with Crippen LogP contribution >= 0.6 is 0 Å². The predicted octanol–water partition coefficient (Wildman–Crippen LogP) is 1.01. The second-order valence-corrected chi connectivity index (χ2v) is 3.86. The molecule has 0 aliphatic carbocycles. The molecule has 0 heterocycles. The molecule has 17 heavy (non-hydrogen) atoms. The maximum Gasteiger partial charge on any atom is 0.234 e. The van der Waals surface area contributed by atoms with Crippen molar-refractivity contribution < 1.29 is 13.9 Å². The van der Waals surface area contributed by atoms with Gasteiger partial charge in [0.2, 0.25) is 5.91 Å². The lowest BCUT2D eigenvalue weighted by molar-refractivity contribution is -0.122. The van der Waals surface area contributed by atoms with Crippen LogP contribution in [-0.4, -0.2) is 37.0 Å². The van der Waals surface area contributed by atoms with Gasteiger partial charge in [-0.1, -0.05) is 0 Å². The molecule has 1 aromatic rings. The van der Waals surface area contributed by atoms with E-state index in [4.69, 9.17) is 10.5 Å². The molecular formula is C12H17FN2O2. The summed E-state index contributed by atoms with van der Waals surface area (Å²) in [7, 11) is 1.80. The van der Waals surface area contributed by atoms with E-state index in [0.717, 1.165) is 0 Å².